The zero-order chi connectivity index (χ0) is 22.1. The fourth-order valence-corrected chi connectivity index (χ4v) is 4.27. The molecule has 4 rings (SSSR count). The molecule has 31 heavy (non-hydrogen) atoms. The summed E-state index contributed by atoms with van der Waals surface area (Å²) in [7, 11) is 1.77. The van der Waals surface area contributed by atoms with Crippen LogP contribution >= 0.6 is 34.8 Å². The first-order chi connectivity index (χ1) is 14.9. The second kappa shape index (κ2) is 9.05. The molecule has 0 spiro atoms. The summed E-state index contributed by atoms with van der Waals surface area (Å²) < 4.78 is 1.70. The molecule has 0 N–H and O–H groups in total. The van der Waals surface area contributed by atoms with Crippen molar-refractivity contribution in [1.82, 2.24) is 19.8 Å². The molecule has 0 saturated heterocycles. The van der Waals surface area contributed by atoms with E-state index in [1.807, 2.05) is 36.2 Å². The van der Waals surface area contributed by atoms with E-state index in [0.717, 1.165) is 29.8 Å². The summed E-state index contributed by atoms with van der Waals surface area (Å²) in [5.74, 6) is -0.174. The third kappa shape index (κ3) is 4.37. The highest BCUT2D eigenvalue weighted by Gasteiger charge is 2.27. The fourth-order valence-electron chi connectivity index (χ4n) is 3.66. The molecule has 0 saturated carbocycles. The van der Waals surface area contributed by atoms with Crippen molar-refractivity contribution in [3.63, 3.8) is 0 Å². The lowest BCUT2D eigenvalue weighted by Crippen LogP contribution is -2.45. The summed E-state index contributed by atoms with van der Waals surface area (Å²) in [6.07, 6.45) is 5.09. The molecule has 3 aromatic rings. The molecule has 8 heteroatoms. The van der Waals surface area contributed by atoms with Gasteiger partial charge in [0.15, 0.2) is 5.69 Å². The van der Waals surface area contributed by atoms with Crippen LogP contribution in [0.25, 0.3) is 16.9 Å². The van der Waals surface area contributed by atoms with Crippen LogP contribution in [0.5, 0.6) is 0 Å². The highest BCUT2D eigenvalue weighted by Crippen LogP contribution is 2.33. The van der Waals surface area contributed by atoms with E-state index in [-0.39, 0.29) is 5.91 Å². The van der Waals surface area contributed by atoms with Crippen molar-refractivity contribution in [2.45, 2.75) is 13.3 Å². The summed E-state index contributed by atoms with van der Waals surface area (Å²) in [6, 6.07) is 12.6. The van der Waals surface area contributed by atoms with Crippen LogP contribution in [-0.4, -0.2) is 45.8 Å². The maximum absolute atomic E-state index is 13.4. The lowest BCUT2D eigenvalue weighted by molar-refractivity contribution is 0.0108. The lowest BCUT2D eigenvalue weighted by atomic mass is 10.1. The molecular weight excluding hydrogens is 455 g/mol. The number of carbonyl (C=O) groups excluding carboxylic acids is 1. The smallest absolute Gasteiger partial charge is 0.273 e. The Bertz CT molecular complexity index is 1150. The van der Waals surface area contributed by atoms with Gasteiger partial charge in [-0.15, -0.1) is 0 Å². The normalized spacial score (nSPS) is 14.1. The van der Waals surface area contributed by atoms with Gasteiger partial charge in [-0.3, -0.25) is 9.80 Å². The van der Waals surface area contributed by atoms with Gasteiger partial charge in [0.25, 0.3) is 5.91 Å². The van der Waals surface area contributed by atoms with E-state index in [0.29, 0.717) is 33.0 Å². The molecule has 0 atom stereocenters. The average molecular weight is 476 g/mol. The summed E-state index contributed by atoms with van der Waals surface area (Å²) >= 11 is 18.7. The highest BCUT2D eigenvalue weighted by molar-refractivity contribution is 6.35. The van der Waals surface area contributed by atoms with Crippen LogP contribution in [-0.2, 0) is 0 Å². The second-order valence-corrected chi connectivity index (χ2v) is 8.62. The first kappa shape index (κ1) is 21.9. The van der Waals surface area contributed by atoms with Gasteiger partial charge in [0.2, 0.25) is 0 Å². The van der Waals surface area contributed by atoms with Crippen LogP contribution in [0.4, 0.5) is 0 Å². The van der Waals surface area contributed by atoms with Gasteiger partial charge >= 0.3 is 0 Å². The van der Waals surface area contributed by atoms with Crippen LogP contribution < -0.4 is 0 Å². The van der Waals surface area contributed by atoms with Crippen LogP contribution in [0.1, 0.15) is 22.5 Å². The van der Waals surface area contributed by atoms with Gasteiger partial charge in [-0.25, -0.2) is 9.69 Å². The van der Waals surface area contributed by atoms with Crippen molar-refractivity contribution in [2.75, 3.05) is 20.1 Å². The van der Waals surface area contributed by atoms with Gasteiger partial charge in [-0.1, -0.05) is 59.1 Å². The van der Waals surface area contributed by atoms with E-state index in [2.05, 4.69) is 12.2 Å². The van der Waals surface area contributed by atoms with Crippen molar-refractivity contribution in [3.05, 3.63) is 80.9 Å². The number of hydrazine groups is 1. The topological polar surface area (TPSA) is 41.4 Å². The number of aromatic nitrogens is 2. The zero-order valence-electron chi connectivity index (χ0n) is 17.1. The number of hydrogen-bond acceptors (Lipinski definition) is 3. The number of nitrogens with zero attached hydrogens (tertiary/aromatic N) is 4. The van der Waals surface area contributed by atoms with Gasteiger partial charge in [-0.2, -0.15) is 5.10 Å². The van der Waals surface area contributed by atoms with Crippen LogP contribution in [0, 0.1) is 6.92 Å². The Morgan fingerprint density at radius 2 is 1.74 bits per heavy atom. The van der Waals surface area contributed by atoms with Gasteiger partial charge in [0.05, 0.1) is 16.4 Å². The predicted octanol–water partition coefficient (Wildman–Crippen LogP) is 6.06. The maximum atomic E-state index is 13.4. The molecule has 1 aliphatic rings. The number of carbonyl (C=O) groups is 1. The van der Waals surface area contributed by atoms with Crippen LogP contribution in [0.3, 0.4) is 0 Å². The highest BCUT2D eigenvalue weighted by atomic mass is 35.5. The number of rotatable bonds is 4. The number of benzene rings is 2. The second-order valence-electron chi connectivity index (χ2n) is 7.34. The SMILES string of the molecule is Cc1c(C(=O)N(C)N2CC=CCC2)nn(-c2ccc(Cl)cc2Cl)c1-c1ccc(Cl)cc1. The number of hydrogen-bond donors (Lipinski definition) is 0. The van der Waals surface area contributed by atoms with E-state index in [9.17, 15) is 4.79 Å². The van der Waals surface area contributed by atoms with Crippen molar-refractivity contribution in [3.8, 4) is 16.9 Å². The van der Waals surface area contributed by atoms with Crippen molar-refractivity contribution in [1.29, 1.82) is 0 Å². The van der Waals surface area contributed by atoms with Crippen LogP contribution in [0.15, 0.2) is 54.6 Å². The molecule has 0 unspecified atom stereocenters. The molecule has 2 heterocycles. The minimum Gasteiger partial charge on any atom is -0.273 e. The van der Waals surface area contributed by atoms with Crippen molar-refractivity contribution in [2.24, 2.45) is 0 Å². The molecule has 0 bridgehead atoms. The Morgan fingerprint density at radius 3 is 2.39 bits per heavy atom. The third-order valence-corrected chi connectivity index (χ3v) is 6.13. The largest absolute Gasteiger partial charge is 0.288 e. The first-order valence-electron chi connectivity index (χ1n) is 9.85. The van der Waals surface area contributed by atoms with Gasteiger partial charge in [0, 0.05) is 41.3 Å². The Morgan fingerprint density at radius 1 is 1.03 bits per heavy atom. The Labute approximate surface area is 196 Å². The van der Waals surface area contributed by atoms with E-state index in [1.54, 1.807) is 34.9 Å². The first-order valence-corrected chi connectivity index (χ1v) is 11.0. The Kier molecular flexibility index (Phi) is 6.39. The molecule has 0 aliphatic carbocycles. The monoisotopic (exact) mass is 474 g/mol. The molecule has 1 amide bonds. The minimum atomic E-state index is -0.174. The minimum absolute atomic E-state index is 0.174. The fraction of sp³-hybridized carbons (Fsp3) is 0.217. The summed E-state index contributed by atoms with van der Waals surface area (Å²) in [6.45, 7) is 3.37. The van der Waals surface area contributed by atoms with E-state index >= 15 is 0 Å². The lowest BCUT2D eigenvalue weighted by Gasteiger charge is -2.32. The molecule has 160 valence electrons. The number of halogens is 3. The predicted molar refractivity (Wildman–Crippen MR) is 126 cm³/mol. The number of amides is 1. The third-order valence-electron chi connectivity index (χ3n) is 5.34. The average Bonchev–Trinajstić information content (AvgIpc) is 3.10. The van der Waals surface area contributed by atoms with E-state index in [1.165, 1.54) is 0 Å². The summed E-state index contributed by atoms with van der Waals surface area (Å²) in [5.41, 5.74) is 3.42. The molecule has 0 radical (unpaired) electrons. The Balaban J connectivity index is 1.84. The molecule has 5 nitrogen and oxygen atoms in total. The van der Waals surface area contributed by atoms with Gasteiger partial charge < -0.3 is 0 Å². The zero-order valence-corrected chi connectivity index (χ0v) is 19.4. The van der Waals surface area contributed by atoms with Crippen molar-refractivity contribution >= 4 is 40.7 Å². The Hall–Kier alpha value is -2.31. The molecule has 1 aliphatic heterocycles. The quantitative estimate of drug-likeness (QED) is 0.431. The molecule has 1 aromatic heterocycles. The summed E-state index contributed by atoms with van der Waals surface area (Å²) in [4.78, 5) is 13.4. The molecule has 0 fully saturated rings. The van der Waals surface area contributed by atoms with Crippen molar-refractivity contribution < 1.29 is 4.79 Å². The van der Waals surface area contributed by atoms with Gasteiger partial charge in [-0.05, 0) is 43.7 Å². The summed E-state index contributed by atoms with van der Waals surface area (Å²) in [5, 5.41) is 9.94. The molecular formula is C23H21Cl3N4O. The van der Waals surface area contributed by atoms with E-state index in [4.69, 9.17) is 39.9 Å². The van der Waals surface area contributed by atoms with E-state index < -0.39 is 0 Å². The van der Waals surface area contributed by atoms with Crippen LogP contribution in [0.2, 0.25) is 15.1 Å². The molecule has 2 aromatic carbocycles. The van der Waals surface area contributed by atoms with Gasteiger partial charge in [0.1, 0.15) is 0 Å². The maximum Gasteiger partial charge on any atom is 0.288 e. The standard InChI is InChI=1S/C23H21Cl3N4O/c1-15-21(23(31)28(2)29-12-4-3-5-13-29)27-30(20-11-10-18(25)14-19(20)26)22(15)16-6-8-17(24)9-7-16/h3-4,6-11,14H,5,12-13H2,1-2H3.